The molecule has 0 spiro atoms. The molecule has 0 radical (unpaired) electrons. The van der Waals surface area contributed by atoms with Crippen molar-refractivity contribution in [2.24, 2.45) is 0 Å². The van der Waals surface area contributed by atoms with Gasteiger partial charge in [-0.15, -0.1) is 4.72 Å². The van der Waals surface area contributed by atoms with E-state index < -0.39 is 33.9 Å². The molecule has 0 fully saturated rings. The molecule has 0 aliphatic carbocycles. The van der Waals surface area contributed by atoms with Gasteiger partial charge in [-0.25, -0.2) is 4.39 Å². The van der Waals surface area contributed by atoms with E-state index in [1.807, 2.05) is 51.1 Å². The third kappa shape index (κ3) is 9.61. The predicted molar refractivity (Wildman–Crippen MR) is 119 cm³/mol. The number of ether oxygens (including phenoxy) is 2. The minimum atomic E-state index is -1.43. The molecule has 2 atom stereocenters. The molecule has 0 saturated heterocycles. The number of carbonyl (C=O) groups excluding carboxylic acids is 1. The zero-order chi connectivity index (χ0) is 22.7. The normalized spacial score (nSPS) is 14.8. The monoisotopic (exact) mass is 437 g/mol. The molecular formula is C23H32FNO4S. The topological polar surface area (TPSA) is 70.6 Å². The Labute approximate surface area is 182 Å². The minimum absolute atomic E-state index is 0.0443. The summed E-state index contributed by atoms with van der Waals surface area (Å²) in [7, 11) is 0. The summed E-state index contributed by atoms with van der Waals surface area (Å²) in [4.78, 5) is 12.0. The summed E-state index contributed by atoms with van der Waals surface area (Å²) < 4.78 is 39.4. The zero-order valence-electron chi connectivity index (χ0n) is 18.4. The smallest absolute Gasteiger partial charge is 0.307 e. The van der Waals surface area contributed by atoms with E-state index in [9.17, 15) is 13.7 Å². The van der Waals surface area contributed by atoms with Crippen molar-refractivity contribution in [2.75, 3.05) is 6.61 Å². The van der Waals surface area contributed by atoms with Crippen LogP contribution in [-0.2, 0) is 32.2 Å². The van der Waals surface area contributed by atoms with Gasteiger partial charge in [-0.2, -0.15) is 0 Å². The number of hydrogen-bond acceptors (Lipinski definition) is 5. The maximum absolute atomic E-state index is 13.9. The highest BCUT2D eigenvalue weighted by Gasteiger charge is 2.31. The van der Waals surface area contributed by atoms with Crippen LogP contribution >= 0.6 is 0 Å². The van der Waals surface area contributed by atoms with E-state index in [0.29, 0.717) is 5.57 Å². The second-order valence-corrected chi connectivity index (χ2v) is 9.64. The molecule has 1 aromatic carbocycles. The third-order valence-electron chi connectivity index (χ3n) is 3.95. The Bertz CT molecular complexity index is 752. The lowest BCUT2D eigenvalue weighted by Crippen LogP contribution is -2.46. The molecule has 30 heavy (non-hydrogen) atoms. The molecule has 1 aromatic rings. The summed E-state index contributed by atoms with van der Waals surface area (Å²) in [5, 5.41) is 0. The number of rotatable bonds is 11. The summed E-state index contributed by atoms with van der Waals surface area (Å²) in [6.07, 6.45) is 2.97. The molecule has 1 N–H and O–H groups in total. The number of halogens is 1. The van der Waals surface area contributed by atoms with Gasteiger partial charge in [0.05, 0.1) is 19.1 Å². The van der Waals surface area contributed by atoms with Crippen LogP contribution in [0.5, 0.6) is 0 Å². The number of nitrogens with one attached hydrogen (secondary N) is 1. The van der Waals surface area contributed by atoms with Crippen LogP contribution in [0, 0.1) is 0 Å². The fraction of sp³-hybridized carbons (Fsp3) is 0.435. The van der Waals surface area contributed by atoms with Crippen molar-refractivity contribution in [2.45, 2.75) is 58.4 Å². The second-order valence-electron chi connectivity index (χ2n) is 7.64. The fourth-order valence-corrected chi connectivity index (χ4v) is 3.08. The van der Waals surface area contributed by atoms with E-state index in [-0.39, 0.29) is 25.4 Å². The summed E-state index contributed by atoms with van der Waals surface area (Å²) >= 11 is -1.43. The first kappa shape index (κ1) is 25.9. The first-order chi connectivity index (χ1) is 14.0. The largest absolute Gasteiger partial charge is 0.598 e. The van der Waals surface area contributed by atoms with Crippen molar-refractivity contribution >= 4 is 17.3 Å². The molecular weight excluding hydrogens is 405 g/mol. The van der Waals surface area contributed by atoms with Crippen molar-refractivity contribution in [3.8, 4) is 0 Å². The van der Waals surface area contributed by atoms with Crippen LogP contribution in [0.2, 0.25) is 0 Å². The van der Waals surface area contributed by atoms with Crippen LogP contribution in [0.3, 0.4) is 0 Å². The van der Waals surface area contributed by atoms with Crippen LogP contribution in [0.25, 0.3) is 0 Å². The average Bonchev–Trinajstić information content (AvgIpc) is 2.67. The van der Waals surface area contributed by atoms with Crippen molar-refractivity contribution in [1.82, 2.24) is 4.72 Å². The van der Waals surface area contributed by atoms with Gasteiger partial charge in [0.2, 0.25) is 0 Å². The lowest BCUT2D eigenvalue weighted by Gasteiger charge is -2.28. The van der Waals surface area contributed by atoms with Crippen molar-refractivity contribution in [3.63, 3.8) is 0 Å². The van der Waals surface area contributed by atoms with Crippen LogP contribution in [-0.4, -0.2) is 27.9 Å². The Morgan fingerprint density at radius 3 is 2.43 bits per heavy atom. The molecule has 1 rings (SSSR count). The van der Waals surface area contributed by atoms with Gasteiger partial charge >= 0.3 is 5.97 Å². The molecule has 0 aliphatic rings. The van der Waals surface area contributed by atoms with E-state index >= 15 is 0 Å². The van der Waals surface area contributed by atoms with E-state index in [1.54, 1.807) is 13.0 Å². The summed E-state index contributed by atoms with van der Waals surface area (Å²) in [5.74, 6) is -0.858. The standard InChI is InChI=1S/C23H32FNO4S/c1-7-28-22(26)15-20(25-30(27)23(4,5)6)17(2)13-14-21(18(3)24)29-16-19-11-9-8-10-12-19/h8-14,20,25H,2,7,15-16H2,1,3-6H3/b14-13-,21-18-/t20-,30?/m1/s1. The summed E-state index contributed by atoms with van der Waals surface area (Å²) in [5.41, 5.74) is 1.37. The number of carbonyl (C=O) groups is 1. The van der Waals surface area contributed by atoms with Gasteiger partial charge in [0.25, 0.3) is 0 Å². The molecule has 1 unspecified atom stereocenters. The zero-order valence-corrected chi connectivity index (χ0v) is 19.2. The Morgan fingerprint density at radius 2 is 1.90 bits per heavy atom. The number of benzene rings is 1. The molecule has 0 saturated carbocycles. The van der Waals surface area contributed by atoms with Crippen LogP contribution in [0.15, 0.2) is 66.2 Å². The van der Waals surface area contributed by atoms with Gasteiger partial charge in [0.1, 0.15) is 17.2 Å². The lowest BCUT2D eigenvalue weighted by atomic mass is 10.1. The van der Waals surface area contributed by atoms with E-state index in [0.717, 1.165) is 5.56 Å². The van der Waals surface area contributed by atoms with Crippen LogP contribution < -0.4 is 4.72 Å². The van der Waals surface area contributed by atoms with Crippen molar-refractivity contribution < 1.29 is 23.2 Å². The molecule has 0 amide bonds. The van der Waals surface area contributed by atoms with E-state index in [1.165, 1.54) is 13.0 Å². The van der Waals surface area contributed by atoms with E-state index in [2.05, 4.69) is 11.3 Å². The first-order valence-corrected chi connectivity index (χ1v) is 10.9. The maximum atomic E-state index is 13.9. The van der Waals surface area contributed by atoms with Gasteiger partial charge in [0.15, 0.2) is 5.76 Å². The molecule has 166 valence electrons. The quantitative estimate of drug-likeness (QED) is 0.231. The number of hydrogen-bond donors (Lipinski definition) is 1. The maximum Gasteiger partial charge on any atom is 0.307 e. The highest BCUT2D eigenvalue weighted by Crippen LogP contribution is 2.19. The molecule has 5 nitrogen and oxygen atoms in total. The molecule has 0 aromatic heterocycles. The van der Waals surface area contributed by atoms with Gasteiger partial charge in [-0.3, -0.25) is 4.79 Å². The van der Waals surface area contributed by atoms with Crippen LogP contribution in [0.1, 0.15) is 46.6 Å². The first-order valence-electron chi connectivity index (χ1n) is 9.78. The highest BCUT2D eigenvalue weighted by molar-refractivity contribution is 7.90. The van der Waals surface area contributed by atoms with Gasteiger partial charge in [-0.05, 0) is 51.8 Å². The Hall–Kier alpha value is -2.09. The highest BCUT2D eigenvalue weighted by atomic mass is 32.2. The second kappa shape index (κ2) is 12.6. The molecule has 0 bridgehead atoms. The van der Waals surface area contributed by atoms with Crippen molar-refractivity contribution in [3.05, 3.63) is 71.8 Å². The molecule has 0 aliphatic heterocycles. The SMILES string of the molecule is C=C(/C=C\C(OCc1ccccc1)=C(/C)F)[C@@H](CC(=O)OCC)N[S+]([O-])C(C)(C)C. The number of esters is 1. The van der Waals surface area contributed by atoms with Gasteiger partial charge in [-0.1, -0.05) is 43.0 Å². The van der Waals surface area contributed by atoms with Crippen LogP contribution in [0.4, 0.5) is 4.39 Å². The Balaban J connectivity index is 2.90. The molecule has 7 heteroatoms. The number of allylic oxidation sites excluding steroid dienone is 2. The third-order valence-corrected chi connectivity index (χ3v) is 5.57. The Morgan fingerprint density at radius 1 is 1.27 bits per heavy atom. The summed E-state index contributed by atoms with van der Waals surface area (Å²) in [6, 6.07) is 8.79. The average molecular weight is 438 g/mol. The van der Waals surface area contributed by atoms with E-state index in [4.69, 9.17) is 9.47 Å². The minimum Gasteiger partial charge on any atom is -0.598 e. The fourth-order valence-electron chi connectivity index (χ4n) is 2.24. The predicted octanol–water partition coefficient (Wildman–Crippen LogP) is 4.89. The van der Waals surface area contributed by atoms with Gasteiger partial charge in [0, 0.05) is 11.4 Å². The Kier molecular flexibility index (Phi) is 10.9. The summed E-state index contributed by atoms with van der Waals surface area (Å²) in [6.45, 7) is 12.9. The van der Waals surface area contributed by atoms with Gasteiger partial charge < -0.3 is 14.0 Å². The van der Waals surface area contributed by atoms with Crippen molar-refractivity contribution in [1.29, 1.82) is 0 Å². The lowest BCUT2D eigenvalue weighted by molar-refractivity contribution is -0.143. The molecule has 0 heterocycles.